The lowest BCUT2D eigenvalue weighted by molar-refractivity contribution is -0.133. The van der Waals surface area contributed by atoms with E-state index in [2.05, 4.69) is 20.4 Å². The Kier molecular flexibility index (Phi) is 6.59. The highest BCUT2D eigenvalue weighted by Crippen LogP contribution is 2.12. The maximum absolute atomic E-state index is 12.7. The zero-order valence-electron chi connectivity index (χ0n) is 16.4. The highest BCUT2D eigenvalue weighted by molar-refractivity contribution is 5.77. The number of hydrogen-bond donors (Lipinski definition) is 0. The lowest BCUT2D eigenvalue weighted by Crippen LogP contribution is -2.53. The van der Waals surface area contributed by atoms with Gasteiger partial charge >= 0.3 is 6.03 Å². The van der Waals surface area contributed by atoms with E-state index in [0.29, 0.717) is 32.7 Å². The molecule has 27 heavy (non-hydrogen) atoms. The van der Waals surface area contributed by atoms with Gasteiger partial charge in [-0.25, -0.2) is 9.48 Å². The minimum absolute atomic E-state index is 0.00336. The van der Waals surface area contributed by atoms with E-state index in [1.54, 1.807) is 33.5 Å². The van der Waals surface area contributed by atoms with Crippen molar-refractivity contribution < 1.29 is 9.59 Å². The number of nitrogens with zero attached hydrogens (tertiary/aromatic N) is 8. The Morgan fingerprint density at radius 2 is 1.56 bits per heavy atom. The molecule has 1 aromatic rings. The molecule has 10 heteroatoms. The van der Waals surface area contributed by atoms with Crippen LogP contribution in [0.3, 0.4) is 0 Å². The number of carbonyl (C=O) groups excluding carboxylic acids is 2. The Morgan fingerprint density at radius 1 is 0.926 bits per heavy atom. The van der Waals surface area contributed by atoms with Crippen LogP contribution in [0.15, 0.2) is 0 Å². The second kappa shape index (κ2) is 9.12. The Hall–Kier alpha value is -2.23. The van der Waals surface area contributed by atoms with Crippen molar-refractivity contribution in [2.45, 2.75) is 38.8 Å². The minimum atomic E-state index is -0.0117. The number of likely N-dealkylation sites (tertiary alicyclic amines) is 1. The van der Waals surface area contributed by atoms with E-state index in [0.717, 1.165) is 18.9 Å². The summed E-state index contributed by atoms with van der Waals surface area (Å²) in [5, 5.41) is 11.9. The van der Waals surface area contributed by atoms with Gasteiger partial charge in [-0.1, -0.05) is 12.8 Å². The maximum atomic E-state index is 12.7. The molecule has 0 unspecified atom stereocenters. The predicted molar refractivity (Wildman–Crippen MR) is 98.8 cm³/mol. The van der Waals surface area contributed by atoms with Crippen LogP contribution in [0.2, 0.25) is 0 Å². The number of aromatic nitrogens is 4. The first-order valence-corrected chi connectivity index (χ1v) is 9.76. The standard InChI is InChI=1S/C17H30N8O2/c1-21(2)17(27)24-11-9-23(10-12-24)16(26)14-25-15(18-19-20-25)13-22-7-5-3-4-6-8-22/h3-14H2,1-2H3. The van der Waals surface area contributed by atoms with Gasteiger partial charge in [0.25, 0.3) is 0 Å². The monoisotopic (exact) mass is 378 g/mol. The molecule has 0 spiro atoms. The largest absolute Gasteiger partial charge is 0.338 e. The summed E-state index contributed by atoms with van der Waals surface area (Å²) in [7, 11) is 3.48. The third-order valence-corrected chi connectivity index (χ3v) is 5.24. The van der Waals surface area contributed by atoms with Crippen LogP contribution in [-0.2, 0) is 17.9 Å². The highest BCUT2D eigenvalue weighted by atomic mass is 16.2. The molecular formula is C17H30N8O2. The third kappa shape index (κ3) is 5.15. The molecule has 10 nitrogen and oxygen atoms in total. The van der Waals surface area contributed by atoms with Crippen molar-refractivity contribution in [3.63, 3.8) is 0 Å². The van der Waals surface area contributed by atoms with Gasteiger partial charge in [0.2, 0.25) is 5.91 Å². The van der Waals surface area contributed by atoms with Crippen LogP contribution in [0.25, 0.3) is 0 Å². The van der Waals surface area contributed by atoms with Crippen LogP contribution in [-0.4, -0.2) is 105 Å². The van der Waals surface area contributed by atoms with E-state index in [-0.39, 0.29) is 18.5 Å². The molecule has 2 fully saturated rings. The summed E-state index contributed by atoms with van der Waals surface area (Å²) < 4.78 is 1.62. The molecule has 0 radical (unpaired) electrons. The molecular weight excluding hydrogens is 348 g/mol. The van der Waals surface area contributed by atoms with Crippen molar-refractivity contribution in [3.05, 3.63) is 5.82 Å². The summed E-state index contributed by atoms with van der Waals surface area (Å²) >= 11 is 0. The van der Waals surface area contributed by atoms with E-state index in [1.807, 2.05) is 0 Å². The van der Waals surface area contributed by atoms with Crippen molar-refractivity contribution in [2.24, 2.45) is 0 Å². The summed E-state index contributed by atoms with van der Waals surface area (Å²) in [6.45, 7) is 5.15. The zero-order chi connectivity index (χ0) is 19.2. The topological polar surface area (TPSA) is 90.7 Å². The summed E-state index contributed by atoms with van der Waals surface area (Å²) in [5.41, 5.74) is 0. The zero-order valence-corrected chi connectivity index (χ0v) is 16.4. The lowest BCUT2D eigenvalue weighted by atomic mass is 10.2. The summed E-state index contributed by atoms with van der Waals surface area (Å²) in [6.07, 6.45) is 4.97. The Balaban J connectivity index is 1.52. The first-order chi connectivity index (χ1) is 13.0. The molecule has 1 aromatic heterocycles. The van der Waals surface area contributed by atoms with Crippen LogP contribution >= 0.6 is 0 Å². The van der Waals surface area contributed by atoms with Gasteiger partial charge in [0.05, 0.1) is 6.54 Å². The number of hydrogen-bond acceptors (Lipinski definition) is 6. The number of tetrazole rings is 1. The average molecular weight is 378 g/mol. The summed E-state index contributed by atoms with van der Waals surface area (Å²) in [5.74, 6) is 0.739. The van der Waals surface area contributed by atoms with E-state index in [4.69, 9.17) is 0 Å². The molecule has 3 rings (SSSR count). The normalized spacial score (nSPS) is 19.0. The van der Waals surface area contributed by atoms with Crippen molar-refractivity contribution in [1.82, 2.24) is 39.8 Å². The minimum Gasteiger partial charge on any atom is -0.338 e. The van der Waals surface area contributed by atoms with Crippen LogP contribution in [0.1, 0.15) is 31.5 Å². The van der Waals surface area contributed by atoms with Crippen LogP contribution < -0.4 is 0 Å². The number of piperazine rings is 1. The van der Waals surface area contributed by atoms with Gasteiger partial charge in [-0.15, -0.1) is 5.10 Å². The number of rotatable bonds is 4. The van der Waals surface area contributed by atoms with E-state index < -0.39 is 0 Å². The lowest BCUT2D eigenvalue weighted by Gasteiger charge is -2.36. The quantitative estimate of drug-likeness (QED) is 0.725. The van der Waals surface area contributed by atoms with Gasteiger partial charge in [0, 0.05) is 40.3 Å². The van der Waals surface area contributed by atoms with Gasteiger partial charge in [-0.3, -0.25) is 9.69 Å². The van der Waals surface area contributed by atoms with Crippen LogP contribution in [0.5, 0.6) is 0 Å². The molecule has 0 atom stereocenters. The maximum Gasteiger partial charge on any atom is 0.319 e. The van der Waals surface area contributed by atoms with Gasteiger partial charge in [-0.05, 0) is 36.4 Å². The van der Waals surface area contributed by atoms with Crippen LogP contribution in [0.4, 0.5) is 4.79 Å². The van der Waals surface area contributed by atoms with E-state index >= 15 is 0 Å². The average Bonchev–Trinajstić information content (AvgIpc) is 2.93. The van der Waals surface area contributed by atoms with Crippen molar-refractivity contribution in [1.29, 1.82) is 0 Å². The first-order valence-electron chi connectivity index (χ1n) is 9.76. The molecule has 3 heterocycles. The van der Waals surface area contributed by atoms with Crippen LogP contribution in [0, 0.1) is 0 Å². The Bertz CT molecular complexity index is 631. The van der Waals surface area contributed by atoms with Crippen molar-refractivity contribution >= 4 is 11.9 Å². The molecule has 0 saturated carbocycles. The molecule has 2 aliphatic rings. The Morgan fingerprint density at radius 3 is 2.19 bits per heavy atom. The Labute approximate surface area is 160 Å². The van der Waals surface area contributed by atoms with Crippen molar-refractivity contribution in [3.8, 4) is 0 Å². The smallest absolute Gasteiger partial charge is 0.319 e. The molecule has 3 amide bonds. The van der Waals surface area contributed by atoms with E-state index in [9.17, 15) is 9.59 Å². The number of carbonyl (C=O) groups is 2. The van der Waals surface area contributed by atoms with Crippen molar-refractivity contribution in [2.75, 3.05) is 53.4 Å². The molecule has 0 bridgehead atoms. The fourth-order valence-corrected chi connectivity index (χ4v) is 3.61. The van der Waals surface area contributed by atoms with E-state index in [1.165, 1.54) is 25.7 Å². The third-order valence-electron chi connectivity index (χ3n) is 5.24. The van der Waals surface area contributed by atoms with Gasteiger partial charge in [0.1, 0.15) is 6.54 Å². The second-order valence-corrected chi connectivity index (χ2v) is 7.49. The SMILES string of the molecule is CN(C)C(=O)N1CCN(C(=O)Cn2nnnc2CN2CCCCCC2)CC1. The number of urea groups is 1. The number of amides is 3. The predicted octanol–water partition coefficient (Wildman–Crippen LogP) is -0.125. The molecule has 2 aliphatic heterocycles. The summed E-state index contributed by atoms with van der Waals surface area (Å²) in [4.78, 5) is 32.1. The fraction of sp³-hybridized carbons (Fsp3) is 0.824. The fourth-order valence-electron chi connectivity index (χ4n) is 3.61. The molecule has 0 aliphatic carbocycles. The molecule has 0 N–H and O–H groups in total. The highest BCUT2D eigenvalue weighted by Gasteiger charge is 2.26. The van der Waals surface area contributed by atoms with Gasteiger partial charge in [-0.2, -0.15) is 0 Å². The first kappa shape index (κ1) is 19.5. The summed E-state index contributed by atoms with van der Waals surface area (Å²) in [6, 6.07) is -0.0117. The second-order valence-electron chi connectivity index (χ2n) is 7.49. The van der Waals surface area contributed by atoms with Gasteiger partial charge < -0.3 is 14.7 Å². The van der Waals surface area contributed by atoms with Gasteiger partial charge in [0.15, 0.2) is 5.82 Å². The molecule has 0 aromatic carbocycles. The molecule has 150 valence electrons. The molecule has 2 saturated heterocycles.